The molecule has 0 saturated heterocycles. The molecule has 0 radical (unpaired) electrons. The molecule has 0 aliphatic carbocycles. The van der Waals surface area contributed by atoms with E-state index in [1.54, 1.807) is 20.3 Å². The van der Waals surface area contributed by atoms with Gasteiger partial charge >= 0.3 is 0 Å². The maximum atomic E-state index is 11.8. The van der Waals surface area contributed by atoms with E-state index in [0.29, 0.717) is 18.1 Å². The molecule has 1 aromatic carbocycles. The Kier molecular flexibility index (Phi) is 6.98. The number of carbonyl (C=O) groups excluding carboxylic acids is 1. The number of nitrogens with two attached hydrogens (primary N) is 1. The monoisotopic (exact) mass is 296 g/mol. The zero-order valence-electron chi connectivity index (χ0n) is 13.0. The minimum absolute atomic E-state index is 0.0655. The molecule has 1 rings (SSSR count). The molecule has 0 saturated carbocycles. The van der Waals surface area contributed by atoms with Gasteiger partial charge in [0.25, 0.3) is 5.91 Å². The second-order valence-corrected chi connectivity index (χ2v) is 4.91. The van der Waals surface area contributed by atoms with Crippen molar-refractivity contribution in [2.24, 2.45) is 5.73 Å². The van der Waals surface area contributed by atoms with Crippen molar-refractivity contribution >= 4 is 5.91 Å². The number of methoxy groups -OCH3 is 2. The van der Waals surface area contributed by atoms with Crippen LogP contribution >= 0.6 is 0 Å². The third-order valence-corrected chi connectivity index (χ3v) is 2.89. The van der Waals surface area contributed by atoms with Crippen LogP contribution < -0.4 is 20.5 Å². The SMILES string of the molecule is COCC(C)NC(=O)COc1cc(OC)ccc1[C@@H](C)N. The summed E-state index contributed by atoms with van der Waals surface area (Å²) in [6.45, 7) is 4.09. The molecule has 0 spiro atoms. The van der Waals surface area contributed by atoms with E-state index in [4.69, 9.17) is 19.9 Å². The van der Waals surface area contributed by atoms with E-state index in [1.165, 1.54) is 0 Å². The number of hydrogen-bond acceptors (Lipinski definition) is 5. The molecule has 0 fully saturated rings. The minimum atomic E-state index is -0.210. The van der Waals surface area contributed by atoms with Crippen LogP contribution in [-0.4, -0.2) is 39.4 Å². The molecule has 0 bridgehead atoms. The molecular weight excluding hydrogens is 272 g/mol. The Morgan fingerprint density at radius 2 is 2.05 bits per heavy atom. The summed E-state index contributed by atoms with van der Waals surface area (Å²) in [7, 11) is 3.16. The predicted molar refractivity (Wildman–Crippen MR) is 80.6 cm³/mol. The number of amides is 1. The largest absolute Gasteiger partial charge is 0.497 e. The van der Waals surface area contributed by atoms with Crippen LogP contribution in [0.15, 0.2) is 18.2 Å². The van der Waals surface area contributed by atoms with E-state index < -0.39 is 0 Å². The van der Waals surface area contributed by atoms with Crippen molar-refractivity contribution in [1.82, 2.24) is 5.32 Å². The van der Waals surface area contributed by atoms with Gasteiger partial charge in [-0.15, -0.1) is 0 Å². The maximum absolute atomic E-state index is 11.8. The number of ether oxygens (including phenoxy) is 3. The van der Waals surface area contributed by atoms with Crippen LogP contribution in [0.5, 0.6) is 11.5 Å². The molecular formula is C15H24N2O4. The van der Waals surface area contributed by atoms with Gasteiger partial charge in [-0.1, -0.05) is 6.07 Å². The topological polar surface area (TPSA) is 82.8 Å². The van der Waals surface area contributed by atoms with E-state index >= 15 is 0 Å². The van der Waals surface area contributed by atoms with Crippen molar-refractivity contribution in [2.45, 2.75) is 25.9 Å². The lowest BCUT2D eigenvalue weighted by atomic mass is 10.1. The second-order valence-electron chi connectivity index (χ2n) is 4.91. The van der Waals surface area contributed by atoms with Crippen LogP contribution in [0.4, 0.5) is 0 Å². The zero-order valence-corrected chi connectivity index (χ0v) is 13.0. The molecule has 118 valence electrons. The van der Waals surface area contributed by atoms with Crippen molar-refractivity contribution in [3.8, 4) is 11.5 Å². The van der Waals surface area contributed by atoms with Gasteiger partial charge in [-0.3, -0.25) is 4.79 Å². The van der Waals surface area contributed by atoms with Gasteiger partial charge in [0.05, 0.1) is 13.7 Å². The summed E-state index contributed by atoms with van der Waals surface area (Å²) < 4.78 is 15.7. The van der Waals surface area contributed by atoms with Crippen molar-refractivity contribution in [2.75, 3.05) is 27.4 Å². The average molecular weight is 296 g/mol. The van der Waals surface area contributed by atoms with Crippen LogP contribution in [0, 0.1) is 0 Å². The van der Waals surface area contributed by atoms with Crippen molar-refractivity contribution in [3.63, 3.8) is 0 Å². The lowest BCUT2D eigenvalue weighted by Gasteiger charge is -2.16. The molecule has 6 nitrogen and oxygen atoms in total. The fourth-order valence-corrected chi connectivity index (χ4v) is 1.89. The predicted octanol–water partition coefficient (Wildman–Crippen LogP) is 1.24. The minimum Gasteiger partial charge on any atom is -0.497 e. The molecule has 21 heavy (non-hydrogen) atoms. The smallest absolute Gasteiger partial charge is 0.258 e. The molecule has 0 aromatic heterocycles. The number of rotatable bonds is 8. The summed E-state index contributed by atoms with van der Waals surface area (Å²) in [5.41, 5.74) is 6.72. The molecule has 0 heterocycles. The van der Waals surface area contributed by atoms with E-state index in [-0.39, 0.29) is 24.6 Å². The third kappa shape index (κ3) is 5.61. The highest BCUT2D eigenvalue weighted by molar-refractivity contribution is 5.77. The van der Waals surface area contributed by atoms with Gasteiger partial charge in [-0.2, -0.15) is 0 Å². The van der Waals surface area contributed by atoms with Gasteiger partial charge in [0.1, 0.15) is 11.5 Å². The number of nitrogens with one attached hydrogen (secondary N) is 1. The summed E-state index contributed by atoms with van der Waals surface area (Å²) in [6, 6.07) is 5.12. The molecule has 3 N–H and O–H groups in total. The Morgan fingerprint density at radius 3 is 2.62 bits per heavy atom. The Hall–Kier alpha value is -1.79. The molecule has 1 amide bonds. The number of hydrogen-bond donors (Lipinski definition) is 2. The van der Waals surface area contributed by atoms with Crippen molar-refractivity contribution in [3.05, 3.63) is 23.8 Å². The Morgan fingerprint density at radius 1 is 1.33 bits per heavy atom. The molecule has 0 aliphatic heterocycles. The van der Waals surface area contributed by atoms with E-state index in [1.807, 2.05) is 26.0 Å². The highest BCUT2D eigenvalue weighted by Gasteiger charge is 2.12. The molecule has 1 aromatic rings. The number of benzene rings is 1. The van der Waals surface area contributed by atoms with Crippen LogP contribution in [0.25, 0.3) is 0 Å². The number of carbonyl (C=O) groups is 1. The quantitative estimate of drug-likeness (QED) is 0.754. The van der Waals surface area contributed by atoms with Crippen LogP contribution in [0.3, 0.4) is 0 Å². The molecule has 1 unspecified atom stereocenters. The Bertz CT molecular complexity index is 463. The van der Waals surface area contributed by atoms with Gasteiger partial charge in [0, 0.05) is 30.8 Å². The second kappa shape index (κ2) is 8.49. The fourth-order valence-electron chi connectivity index (χ4n) is 1.89. The maximum Gasteiger partial charge on any atom is 0.258 e. The van der Waals surface area contributed by atoms with Gasteiger partial charge < -0.3 is 25.3 Å². The van der Waals surface area contributed by atoms with Gasteiger partial charge in [-0.25, -0.2) is 0 Å². The third-order valence-electron chi connectivity index (χ3n) is 2.89. The fraction of sp³-hybridized carbons (Fsp3) is 0.533. The normalized spacial score (nSPS) is 13.4. The molecule has 0 aliphatic rings. The van der Waals surface area contributed by atoms with E-state index in [0.717, 1.165) is 5.56 Å². The van der Waals surface area contributed by atoms with Crippen molar-refractivity contribution < 1.29 is 19.0 Å². The highest BCUT2D eigenvalue weighted by Crippen LogP contribution is 2.28. The first-order chi connectivity index (χ1) is 9.97. The summed E-state index contributed by atoms with van der Waals surface area (Å²) in [4.78, 5) is 11.8. The summed E-state index contributed by atoms with van der Waals surface area (Å²) in [5.74, 6) is 0.999. The van der Waals surface area contributed by atoms with Crippen LogP contribution in [0.1, 0.15) is 25.5 Å². The van der Waals surface area contributed by atoms with Crippen molar-refractivity contribution in [1.29, 1.82) is 0 Å². The summed E-state index contributed by atoms with van der Waals surface area (Å²) in [6.07, 6.45) is 0. The highest BCUT2D eigenvalue weighted by atomic mass is 16.5. The first kappa shape index (κ1) is 17.3. The molecule has 2 atom stereocenters. The average Bonchev–Trinajstić information content (AvgIpc) is 2.44. The van der Waals surface area contributed by atoms with Crippen LogP contribution in [-0.2, 0) is 9.53 Å². The Balaban J connectivity index is 2.67. The van der Waals surface area contributed by atoms with Gasteiger partial charge in [0.15, 0.2) is 6.61 Å². The Labute approximate surface area is 125 Å². The zero-order chi connectivity index (χ0) is 15.8. The lowest BCUT2D eigenvalue weighted by molar-refractivity contribution is -0.124. The van der Waals surface area contributed by atoms with Gasteiger partial charge in [0.2, 0.25) is 0 Å². The van der Waals surface area contributed by atoms with Crippen LogP contribution in [0.2, 0.25) is 0 Å². The standard InChI is InChI=1S/C15H24N2O4/c1-10(8-19-3)17-15(18)9-21-14-7-12(20-4)5-6-13(14)11(2)16/h5-7,10-11H,8-9,16H2,1-4H3,(H,17,18)/t10?,11-/m1/s1. The first-order valence-corrected chi connectivity index (χ1v) is 6.82. The van der Waals surface area contributed by atoms with Gasteiger partial charge in [-0.05, 0) is 19.9 Å². The summed E-state index contributed by atoms with van der Waals surface area (Å²) in [5, 5.41) is 2.78. The first-order valence-electron chi connectivity index (χ1n) is 6.82. The van der Waals surface area contributed by atoms with E-state index in [9.17, 15) is 4.79 Å². The summed E-state index contributed by atoms with van der Waals surface area (Å²) >= 11 is 0. The lowest BCUT2D eigenvalue weighted by Crippen LogP contribution is -2.38. The van der Waals surface area contributed by atoms with E-state index in [2.05, 4.69) is 5.32 Å². The molecule has 6 heteroatoms.